The van der Waals surface area contributed by atoms with Gasteiger partial charge in [-0.3, -0.25) is 4.79 Å². The summed E-state index contributed by atoms with van der Waals surface area (Å²) in [5.74, 6) is -1.43. The Hall–Kier alpha value is -1.88. The van der Waals surface area contributed by atoms with Gasteiger partial charge in [-0.25, -0.2) is 4.79 Å². The van der Waals surface area contributed by atoms with Crippen LogP contribution in [0.25, 0.3) is 0 Å². The Morgan fingerprint density at radius 3 is 2.25 bits per heavy atom. The summed E-state index contributed by atoms with van der Waals surface area (Å²) >= 11 is 0. The molecule has 1 rings (SSSR count). The van der Waals surface area contributed by atoms with Crippen molar-refractivity contribution < 1.29 is 24.2 Å². The molecule has 0 aromatic heterocycles. The molecular weight excluding hydrogens is 260 g/mol. The van der Waals surface area contributed by atoms with Gasteiger partial charge in [0.25, 0.3) is 0 Å². The van der Waals surface area contributed by atoms with E-state index in [9.17, 15) is 14.7 Å². The van der Waals surface area contributed by atoms with E-state index < -0.39 is 24.0 Å². The first kappa shape index (κ1) is 16.2. The van der Waals surface area contributed by atoms with Crippen molar-refractivity contribution in [3.05, 3.63) is 35.9 Å². The van der Waals surface area contributed by atoms with Gasteiger partial charge in [-0.2, -0.15) is 0 Å². The van der Waals surface area contributed by atoms with E-state index in [0.717, 1.165) is 5.56 Å². The molecule has 1 atom stereocenters. The lowest BCUT2D eigenvalue weighted by Gasteiger charge is -2.25. The van der Waals surface area contributed by atoms with Gasteiger partial charge < -0.3 is 14.6 Å². The van der Waals surface area contributed by atoms with Crippen LogP contribution in [0.2, 0.25) is 0 Å². The number of hydrogen-bond donors (Lipinski definition) is 1. The molecule has 0 heterocycles. The third-order valence-electron chi connectivity index (χ3n) is 2.74. The minimum Gasteiger partial charge on any atom is -0.466 e. The molecule has 0 saturated heterocycles. The molecule has 0 fully saturated rings. The highest BCUT2D eigenvalue weighted by Gasteiger charge is 2.40. The van der Waals surface area contributed by atoms with E-state index in [1.165, 1.54) is 0 Å². The van der Waals surface area contributed by atoms with Gasteiger partial charge in [-0.05, 0) is 19.4 Å². The van der Waals surface area contributed by atoms with Gasteiger partial charge in [-0.15, -0.1) is 0 Å². The van der Waals surface area contributed by atoms with Crippen LogP contribution >= 0.6 is 0 Å². The Bertz CT molecular complexity index is 443. The average Bonchev–Trinajstić information content (AvgIpc) is 2.40. The van der Waals surface area contributed by atoms with Crippen LogP contribution < -0.4 is 0 Å². The van der Waals surface area contributed by atoms with Crippen LogP contribution in [-0.4, -0.2) is 35.9 Å². The Kier molecular flexibility index (Phi) is 6.18. The molecule has 0 radical (unpaired) electrons. The molecule has 0 unspecified atom stereocenters. The van der Waals surface area contributed by atoms with Gasteiger partial charge in [0.2, 0.25) is 0 Å². The zero-order valence-electron chi connectivity index (χ0n) is 11.8. The van der Waals surface area contributed by atoms with Crippen LogP contribution in [0.3, 0.4) is 0 Å². The number of esters is 2. The predicted molar refractivity (Wildman–Crippen MR) is 73.0 cm³/mol. The van der Waals surface area contributed by atoms with E-state index in [0.29, 0.717) is 0 Å². The van der Waals surface area contributed by atoms with Crippen molar-refractivity contribution in [1.29, 1.82) is 0 Å². The third-order valence-corrected chi connectivity index (χ3v) is 2.74. The van der Waals surface area contributed by atoms with E-state index in [4.69, 9.17) is 9.47 Å². The third kappa shape index (κ3) is 4.66. The van der Waals surface area contributed by atoms with Crippen LogP contribution in [0, 0.1) is 0 Å². The Morgan fingerprint density at radius 2 is 1.70 bits per heavy atom. The molecule has 1 aromatic rings. The lowest BCUT2D eigenvalue weighted by Crippen LogP contribution is -2.44. The summed E-state index contributed by atoms with van der Waals surface area (Å²) in [6, 6.07) is 8.97. The molecular formula is C15H20O5. The van der Waals surface area contributed by atoms with E-state index in [1.54, 1.807) is 38.1 Å². The maximum atomic E-state index is 11.9. The summed E-state index contributed by atoms with van der Waals surface area (Å²) in [6.45, 7) is 3.64. The molecule has 5 heteroatoms. The van der Waals surface area contributed by atoms with E-state index in [2.05, 4.69) is 0 Å². The monoisotopic (exact) mass is 280 g/mol. The maximum Gasteiger partial charge on any atom is 0.339 e. The highest BCUT2D eigenvalue weighted by molar-refractivity contribution is 5.86. The molecule has 0 aliphatic heterocycles. The summed E-state index contributed by atoms with van der Waals surface area (Å²) in [5, 5.41) is 10.5. The van der Waals surface area contributed by atoms with Crippen LogP contribution in [0.4, 0.5) is 0 Å². The minimum atomic E-state index is -1.90. The quantitative estimate of drug-likeness (QED) is 0.766. The van der Waals surface area contributed by atoms with Gasteiger partial charge in [0.1, 0.15) is 0 Å². The van der Waals surface area contributed by atoms with Crippen LogP contribution in [0.1, 0.15) is 25.8 Å². The first-order valence-corrected chi connectivity index (χ1v) is 6.61. The van der Waals surface area contributed by atoms with Gasteiger partial charge in [0.05, 0.1) is 19.6 Å². The normalized spacial score (nSPS) is 13.3. The lowest BCUT2D eigenvalue weighted by atomic mass is 9.91. The Labute approximate surface area is 118 Å². The van der Waals surface area contributed by atoms with Crippen molar-refractivity contribution in [2.45, 2.75) is 32.3 Å². The molecule has 110 valence electrons. The first-order valence-electron chi connectivity index (χ1n) is 6.61. The fraction of sp³-hybridized carbons (Fsp3) is 0.467. The standard InChI is InChI=1S/C15H20O5/c1-3-19-13(16)11-15(18,14(17)20-4-2)10-12-8-6-5-7-9-12/h5-9,18H,3-4,10-11H2,1-2H3/t15-/m0/s1. The number of benzene rings is 1. The van der Waals surface area contributed by atoms with Crippen molar-refractivity contribution in [3.63, 3.8) is 0 Å². The molecule has 20 heavy (non-hydrogen) atoms. The molecule has 1 aromatic carbocycles. The second-order valence-corrected chi connectivity index (χ2v) is 4.40. The SMILES string of the molecule is CCOC(=O)C[C@@](O)(Cc1ccccc1)C(=O)OCC. The van der Waals surface area contributed by atoms with Gasteiger partial charge in [-0.1, -0.05) is 30.3 Å². The van der Waals surface area contributed by atoms with Crippen molar-refractivity contribution >= 4 is 11.9 Å². The fourth-order valence-electron chi connectivity index (χ4n) is 1.86. The minimum absolute atomic E-state index is 0.00544. The molecule has 0 saturated carbocycles. The van der Waals surface area contributed by atoms with Crippen molar-refractivity contribution in [1.82, 2.24) is 0 Å². The molecule has 0 aliphatic carbocycles. The highest BCUT2D eigenvalue weighted by Crippen LogP contribution is 2.20. The van der Waals surface area contributed by atoms with Crippen LogP contribution in [0.15, 0.2) is 30.3 Å². The second-order valence-electron chi connectivity index (χ2n) is 4.40. The Balaban J connectivity index is 2.88. The highest BCUT2D eigenvalue weighted by atomic mass is 16.6. The number of ether oxygens (including phenoxy) is 2. The lowest BCUT2D eigenvalue weighted by molar-refractivity contribution is -0.171. The Morgan fingerprint density at radius 1 is 1.10 bits per heavy atom. The van der Waals surface area contributed by atoms with Crippen molar-refractivity contribution in [3.8, 4) is 0 Å². The van der Waals surface area contributed by atoms with Crippen molar-refractivity contribution in [2.75, 3.05) is 13.2 Å². The topological polar surface area (TPSA) is 72.8 Å². The molecule has 1 N–H and O–H groups in total. The van der Waals surface area contributed by atoms with Gasteiger partial charge in [0.15, 0.2) is 5.60 Å². The summed E-state index contributed by atoms with van der Waals surface area (Å²) in [6.07, 6.45) is -0.417. The smallest absolute Gasteiger partial charge is 0.339 e. The largest absolute Gasteiger partial charge is 0.466 e. The number of aliphatic hydroxyl groups is 1. The molecule has 0 bridgehead atoms. The molecule has 0 spiro atoms. The zero-order valence-corrected chi connectivity index (χ0v) is 11.8. The van der Waals surface area contributed by atoms with E-state index in [1.807, 2.05) is 6.07 Å². The van der Waals surface area contributed by atoms with Gasteiger partial charge in [0, 0.05) is 6.42 Å². The number of rotatable bonds is 7. The second kappa shape index (κ2) is 7.65. The molecule has 5 nitrogen and oxygen atoms in total. The molecule has 0 aliphatic rings. The summed E-state index contributed by atoms with van der Waals surface area (Å²) in [5.41, 5.74) is -1.16. The maximum absolute atomic E-state index is 11.9. The zero-order chi connectivity index (χ0) is 15.0. The predicted octanol–water partition coefficient (Wildman–Crippen LogP) is 1.48. The summed E-state index contributed by atoms with van der Waals surface area (Å²) < 4.78 is 9.66. The molecule has 0 amide bonds. The van der Waals surface area contributed by atoms with Crippen LogP contribution in [0.5, 0.6) is 0 Å². The van der Waals surface area contributed by atoms with E-state index in [-0.39, 0.29) is 19.6 Å². The number of hydrogen-bond acceptors (Lipinski definition) is 5. The number of carbonyl (C=O) groups is 2. The van der Waals surface area contributed by atoms with Crippen LogP contribution in [-0.2, 0) is 25.5 Å². The average molecular weight is 280 g/mol. The van der Waals surface area contributed by atoms with Gasteiger partial charge >= 0.3 is 11.9 Å². The first-order chi connectivity index (χ1) is 9.51. The summed E-state index contributed by atoms with van der Waals surface area (Å²) in [4.78, 5) is 23.5. The van der Waals surface area contributed by atoms with Crippen molar-refractivity contribution in [2.24, 2.45) is 0 Å². The van der Waals surface area contributed by atoms with E-state index >= 15 is 0 Å². The summed E-state index contributed by atoms with van der Waals surface area (Å²) in [7, 11) is 0. The fourth-order valence-corrected chi connectivity index (χ4v) is 1.86. The number of carbonyl (C=O) groups excluding carboxylic acids is 2.